The molecule has 3 rings (SSSR count). The van der Waals surface area contributed by atoms with E-state index in [4.69, 9.17) is 9.47 Å². The van der Waals surface area contributed by atoms with Crippen LogP contribution >= 0.6 is 11.8 Å². The highest BCUT2D eigenvalue weighted by Crippen LogP contribution is 2.45. The quantitative estimate of drug-likeness (QED) is 0.482. The normalized spacial score (nSPS) is 32.1. The molecule has 2 aliphatic rings. The number of aromatic nitrogens is 2. The van der Waals surface area contributed by atoms with Crippen molar-refractivity contribution in [3.63, 3.8) is 0 Å². The van der Waals surface area contributed by atoms with E-state index >= 15 is 0 Å². The number of rotatable bonds is 3. The summed E-state index contributed by atoms with van der Waals surface area (Å²) < 4.78 is 11.0. The van der Waals surface area contributed by atoms with E-state index in [2.05, 4.69) is 9.97 Å². The number of carbonyl (C=O) groups excluding carboxylic acids is 1. The van der Waals surface area contributed by atoms with Gasteiger partial charge in [0.25, 0.3) is 0 Å². The molecule has 5 nitrogen and oxygen atoms in total. The summed E-state index contributed by atoms with van der Waals surface area (Å²) in [4.78, 5) is 21.2. The molecule has 2 atom stereocenters. The van der Waals surface area contributed by atoms with Gasteiger partial charge in [-0.25, -0.2) is 9.97 Å². The van der Waals surface area contributed by atoms with Gasteiger partial charge >= 0.3 is 5.97 Å². The van der Waals surface area contributed by atoms with Crippen LogP contribution in [0.5, 0.6) is 0 Å². The van der Waals surface area contributed by atoms with Gasteiger partial charge in [-0.2, -0.15) is 0 Å². The molecule has 1 aromatic heterocycles. The molecule has 1 aromatic rings. The van der Waals surface area contributed by atoms with Crippen molar-refractivity contribution in [2.75, 3.05) is 13.4 Å². The summed E-state index contributed by atoms with van der Waals surface area (Å²) >= 11 is 1.48. The Morgan fingerprint density at radius 2 is 2.15 bits per heavy atom. The summed E-state index contributed by atoms with van der Waals surface area (Å²) in [5, 5.41) is 0.685. The number of fused-ring (bicyclic) bond motifs is 2. The number of carbonyl (C=O) groups is 1. The van der Waals surface area contributed by atoms with Crippen LogP contribution in [0.15, 0.2) is 17.4 Å². The predicted molar refractivity (Wildman–Crippen MR) is 74.6 cm³/mol. The highest BCUT2D eigenvalue weighted by Gasteiger charge is 2.52. The second-order valence-corrected chi connectivity index (χ2v) is 6.14. The number of methoxy groups -OCH3 is 1. The highest BCUT2D eigenvalue weighted by molar-refractivity contribution is 7.98. The van der Waals surface area contributed by atoms with Crippen LogP contribution in [0, 0.1) is 0 Å². The molecule has 20 heavy (non-hydrogen) atoms. The van der Waals surface area contributed by atoms with Crippen molar-refractivity contribution < 1.29 is 14.3 Å². The molecule has 108 valence electrons. The van der Waals surface area contributed by atoms with Gasteiger partial charge in [-0.3, -0.25) is 4.79 Å². The summed E-state index contributed by atoms with van der Waals surface area (Å²) in [5.41, 5.74) is 0.0931. The Hall–Kier alpha value is -1.14. The van der Waals surface area contributed by atoms with Crippen molar-refractivity contribution in [2.24, 2.45) is 0 Å². The third-order valence-corrected chi connectivity index (χ3v) is 4.79. The Morgan fingerprint density at radius 3 is 2.75 bits per heavy atom. The number of thioether (sulfide) groups is 1. The Morgan fingerprint density at radius 1 is 1.45 bits per heavy atom. The van der Waals surface area contributed by atoms with Gasteiger partial charge in [-0.15, -0.1) is 0 Å². The first-order valence-corrected chi connectivity index (χ1v) is 8.02. The molecule has 0 amide bonds. The molecule has 2 aliphatic heterocycles. The molecular weight excluding hydrogens is 276 g/mol. The molecule has 0 radical (unpaired) electrons. The second-order valence-electron chi connectivity index (χ2n) is 5.37. The van der Waals surface area contributed by atoms with E-state index in [0.29, 0.717) is 18.0 Å². The van der Waals surface area contributed by atoms with Crippen molar-refractivity contribution in [2.45, 2.75) is 48.5 Å². The van der Waals surface area contributed by atoms with Gasteiger partial charge in [0.15, 0.2) is 5.16 Å². The number of ether oxygens (including phenoxy) is 2. The van der Waals surface area contributed by atoms with Crippen LogP contribution in [0.2, 0.25) is 0 Å². The molecule has 2 fully saturated rings. The maximum Gasteiger partial charge on any atom is 0.318 e. The Bertz CT molecular complexity index is 511. The predicted octanol–water partition coefficient (Wildman–Crippen LogP) is 1.95. The number of hydrogen-bond donors (Lipinski definition) is 0. The smallest absolute Gasteiger partial charge is 0.318 e. The minimum absolute atomic E-state index is 0.139. The van der Waals surface area contributed by atoms with Crippen molar-refractivity contribution in [3.8, 4) is 0 Å². The van der Waals surface area contributed by atoms with Crippen LogP contribution in [0.1, 0.15) is 31.4 Å². The van der Waals surface area contributed by atoms with Crippen molar-refractivity contribution in [3.05, 3.63) is 18.0 Å². The van der Waals surface area contributed by atoms with Gasteiger partial charge in [0.1, 0.15) is 5.41 Å². The van der Waals surface area contributed by atoms with Gasteiger partial charge < -0.3 is 9.47 Å². The van der Waals surface area contributed by atoms with Gasteiger partial charge in [-0.05, 0) is 38.0 Å². The van der Waals surface area contributed by atoms with Crippen LogP contribution in [-0.4, -0.2) is 41.5 Å². The van der Waals surface area contributed by atoms with Crippen LogP contribution < -0.4 is 0 Å². The summed E-state index contributed by atoms with van der Waals surface area (Å²) in [6, 6.07) is 1.83. The average Bonchev–Trinajstić information content (AvgIpc) is 2.85. The fourth-order valence-corrected chi connectivity index (χ4v) is 3.68. The standard InChI is InChI=1S/C14H18N2O3S/c1-18-12(17)14(7-9-3-4-10(8-14)19-9)11-5-6-15-13(16-11)20-2/h5-6,9-10H,3-4,7-8H2,1-2H3. The van der Waals surface area contributed by atoms with E-state index in [9.17, 15) is 4.79 Å². The van der Waals surface area contributed by atoms with Crippen molar-refractivity contribution in [1.29, 1.82) is 0 Å². The van der Waals surface area contributed by atoms with Gasteiger partial charge in [0.2, 0.25) is 0 Å². The highest BCUT2D eigenvalue weighted by atomic mass is 32.2. The lowest BCUT2D eigenvalue weighted by Crippen LogP contribution is -2.46. The molecule has 0 aliphatic carbocycles. The number of hydrogen-bond acceptors (Lipinski definition) is 6. The summed E-state index contributed by atoms with van der Waals surface area (Å²) in [7, 11) is 1.44. The van der Waals surface area contributed by atoms with Crippen LogP contribution in [0.3, 0.4) is 0 Å². The maximum atomic E-state index is 12.5. The van der Waals surface area contributed by atoms with Crippen molar-refractivity contribution >= 4 is 17.7 Å². The molecule has 2 saturated heterocycles. The van der Waals surface area contributed by atoms with Crippen LogP contribution in [0.25, 0.3) is 0 Å². The lowest BCUT2D eigenvalue weighted by atomic mass is 9.74. The minimum atomic E-state index is -0.674. The molecule has 3 heterocycles. The van der Waals surface area contributed by atoms with Crippen LogP contribution in [-0.2, 0) is 19.7 Å². The van der Waals surface area contributed by atoms with E-state index in [1.54, 1.807) is 6.20 Å². The lowest BCUT2D eigenvalue weighted by molar-refractivity contribution is -0.155. The molecule has 0 aromatic carbocycles. The zero-order chi connectivity index (χ0) is 14.2. The van der Waals surface area contributed by atoms with Gasteiger partial charge in [0, 0.05) is 6.20 Å². The molecule has 2 unspecified atom stereocenters. The Labute approximate surface area is 122 Å². The topological polar surface area (TPSA) is 61.3 Å². The Kier molecular flexibility index (Phi) is 3.69. The second kappa shape index (κ2) is 5.33. The first kappa shape index (κ1) is 13.8. The van der Waals surface area contributed by atoms with Crippen LogP contribution in [0.4, 0.5) is 0 Å². The van der Waals surface area contributed by atoms with E-state index in [1.165, 1.54) is 18.9 Å². The third-order valence-electron chi connectivity index (χ3n) is 4.23. The zero-order valence-electron chi connectivity index (χ0n) is 11.7. The first-order chi connectivity index (χ1) is 9.68. The monoisotopic (exact) mass is 294 g/mol. The molecular formula is C14H18N2O3S. The summed E-state index contributed by atoms with van der Waals surface area (Å²) in [6.07, 6.45) is 7.27. The number of esters is 1. The van der Waals surface area contributed by atoms with E-state index in [0.717, 1.165) is 18.5 Å². The molecule has 2 bridgehead atoms. The molecule has 0 saturated carbocycles. The van der Waals surface area contributed by atoms with Gasteiger partial charge in [0.05, 0.1) is 25.0 Å². The van der Waals surface area contributed by atoms with Gasteiger partial charge in [-0.1, -0.05) is 11.8 Å². The van der Waals surface area contributed by atoms with Crippen molar-refractivity contribution in [1.82, 2.24) is 9.97 Å². The zero-order valence-corrected chi connectivity index (χ0v) is 12.5. The average molecular weight is 294 g/mol. The first-order valence-electron chi connectivity index (χ1n) is 6.79. The van der Waals surface area contributed by atoms with E-state index in [-0.39, 0.29) is 18.2 Å². The van der Waals surface area contributed by atoms with E-state index in [1.807, 2.05) is 12.3 Å². The fourth-order valence-electron chi connectivity index (χ4n) is 3.32. The fraction of sp³-hybridized carbons (Fsp3) is 0.643. The largest absolute Gasteiger partial charge is 0.468 e. The lowest BCUT2D eigenvalue weighted by Gasteiger charge is -2.37. The summed E-state index contributed by atoms with van der Waals surface area (Å²) in [5.74, 6) is -0.205. The van der Waals surface area contributed by atoms with E-state index < -0.39 is 5.41 Å². The third kappa shape index (κ3) is 2.20. The maximum absolute atomic E-state index is 12.5. The SMILES string of the molecule is COC(=O)C1(c2ccnc(SC)n2)CC2CCC(C1)O2. The Balaban J connectivity index is 2.03. The molecule has 0 spiro atoms. The minimum Gasteiger partial charge on any atom is -0.468 e. The molecule has 6 heteroatoms. The molecule has 0 N–H and O–H groups in total. The summed E-state index contributed by atoms with van der Waals surface area (Å²) in [6.45, 7) is 0. The number of nitrogens with zero attached hydrogens (tertiary/aromatic N) is 2.